The summed E-state index contributed by atoms with van der Waals surface area (Å²) >= 11 is 0. The van der Waals surface area contributed by atoms with Crippen molar-refractivity contribution in [2.75, 3.05) is 0 Å². The summed E-state index contributed by atoms with van der Waals surface area (Å²) in [7, 11) is -3.68. The largest absolute Gasteiger partial charge is 0.240 e. The van der Waals surface area contributed by atoms with Gasteiger partial charge in [-0.15, -0.1) is 0 Å². The minimum Gasteiger partial charge on any atom is -0.240 e. The summed E-state index contributed by atoms with van der Waals surface area (Å²) in [5, 5.41) is 0. The van der Waals surface area contributed by atoms with Crippen molar-refractivity contribution in [3.63, 3.8) is 0 Å². The smallest absolute Gasteiger partial charge is 0.216 e. The molecule has 1 heterocycles. The van der Waals surface area contributed by atoms with Gasteiger partial charge in [-0.3, -0.25) is 0 Å². The van der Waals surface area contributed by atoms with Crippen molar-refractivity contribution in [1.29, 1.82) is 0 Å². The molecule has 7 heteroatoms. The Morgan fingerprint density at radius 2 is 1.68 bits per heavy atom. The first-order valence-electron chi connectivity index (χ1n) is 7.60. The molecule has 2 aromatic carbocycles. The van der Waals surface area contributed by atoms with Gasteiger partial charge in [-0.1, -0.05) is 48.5 Å². The van der Waals surface area contributed by atoms with Crippen LogP contribution in [0, 0.1) is 5.82 Å². The number of nitrogens with one attached hydrogen (secondary N) is 1. The molecule has 3 aromatic rings. The molecule has 0 unspecified atom stereocenters. The van der Waals surface area contributed by atoms with Gasteiger partial charge in [0.15, 0.2) is 0 Å². The molecule has 5 nitrogen and oxygen atoms in total. The Bertz CT molecular complexity index is 963. The third kappa shape index (κ3) is 4.68. The molecule has 0 radical (unpaired) electrons. The van der Waals surface area contributed by atoms with Gasteiger partial charge in [-0.05, 0) is 12.1 Å². The lowest BCUT2D eigenvalue weighted by atomic mass is 10.1. The third-order valence-corrected chi connectivity index (χ3v) is 4.85. The van der Waals surface area contributed by atoms with Crippen LogP contribution in [0.1, 0.15) is 11.3 Å². The van der Waals surface area contributed by atoms with Gasteiger partial charge in [-0.25, -0.2) is 27.5 Å². The first-order chi connectivity index (χ1) is 12.0. The van der Waals surface area contributed by atoms with E-state index in [0.29, 0.717) is 11.4 Å². The zero-order chi connectivity index (χ0) is 17.7. The van der Waals surface area contributed by atoms with Gasteiger partial charge >= 0.3 is 0 Å². The first kappa shape index (κ1) is 17.2. The lowest BCUT2D eigenvalue weighted by molar-refractivity contribution is 0.573. The predicted octanol–water partition coefficient (Wildman–Crippen LogP) is 2.90. The number of hydrogen-bond acceptors (Lipinski definition) is 4. The van der Waals surface area contributed by atoms with E-state index in [4.69, 9.17) is 0 Å². The van der Waals surface area contributed by atoms with E-state index in [1.165, 1.54) is 24.5 Å². The quantitative estimate of drug-likeness (QED) is 0.736. The third-order valence-electron chi connectivity index (χ3n) is 3.57. The Balaban J connectivity index is 1.70. The molecule has 25 heavy (non-hydrogen) atoms. The van der Waals surface area contributed by atoms with Gasteiger partial charge in [0, 0.05) is 11.1 Å². The van der Waals surface area contributed by atoms with E-state index >= 15 is 0 Å². The van der Waals surface area contributed by atoms with E-state index in [2.05, 4.69) is 14.7 Å². The van der Waals surface area contributed by atoms with Gasteiger partial charge < -0.3 is 0 Å². The van der Waals surface area contributed by atoms with Gasteiger partial charge in [0.25, 0.3) is 0 Å². The molecular weight excluding hydrogens is 341 g/mol. The molecule has 0 aliphatic carbocycles. The summed E-state index contributed by atoms with van der Waals surface area (Å²) in [5.41, 5.74) is 2.29. The van der Waals surface area contributed by atoms with Crippen molar-refractivity contribution in [3.05, 3.63) is 84.1 Å². The highest BCUT2D eigenvalue weighted by molar-refractivity contribution is 7.88. The second-order valence-corrected chi connectivity index (χ2v) is 7.24. The number of aromatic nitrogens is 2. The molecule has 1 aromatic heterocycles. The summed E-state index contributed by atoms with van der Waals surface area (Å²) in [6.45, 7) is 0.0130. The highest BCUT2D eigenvalue weighted by Gasteiger charge is 2.14. The van der Waals surface area contributed by atoms with Gasteiger partial charge in [0.2, 0.25) is 10.0 Å². The second-order valence-electron chi connectivity index (χ2n) is 5.43. The van der Waals surface area contributed by atoms with Crippen molar-refractivity contribution < 1.29 is 12.8 Å². The Morgan fingerprint density at radius 3 is 2.44 bits per heavy atom. The molecular formula is C18H16FN3O2S. The highest BCUT2D eigenvalue weighted by atomic mass is 32.2. The Hall–Kier alpha value is -2.64. The standard InChI is InChI=1S/C18H16FN3O2S/c19-17-9-5-4-8-15(17)12-25(23,24)22-11-16-10-18(21-13-20-16)14-6-2-1-3-7-14/h1-10,13,22H,11-12H2. The van der Waals surface area contributed by atoms with E-state index in [9.17, 15) is 12.8 Å². The van der Waals surface area contributed by atoms with E-state index < -0.39 is 21.6 Å². The normalized spacial score (nSPS) is 11.4. The Labute approximate surface area is 145 Å². The van der Waals surface area contributed by atoms with Gasteiger partial charge in [0.05, 0.1) is 23.7 Å². The number of hydrogen-bond donors (Lipinski definition) is 1. The molecule has 128 valence electrons. The maximum atomic E-state index is 13.6. The Morgan fingerprint density at radius 1 is 0.960 bits per heavy atom. The zero-order valence-corrected chi connectivity index (χ0v) is 14.1. The van der Waals surface area contributed by atoms with Gasteiger partial charge in [-0.2, -0.15) is 0 Å². The summed E-state index contributed by atoms with van der Waals surface area (Å²) in [5.74, 6) is -0.961. The lowest BCUT2D eigenvalue weighted by Crippen LogP contribution is -2.25. The molecule has 0 aliphatic rings. The van der Waals surface area contributed by atoms with E-state index in [-0.39, 0.29) is 12.1 Å². The average Bonchev–Trinajstić information content (AvgIpc) is 2.63. The Kier molecular flexibility index (Phi) is 5.16. The molecule has 0 amide bonds. The van der Waals surface area contributed by atoms with Crippen molar-refractivity contribution in [1.82, 2.24) is 14.7 Å². The molecule has 0 saturated heterocycles. The fourth-order valence-electron chi connectivity index (χ4n) is 2.32. The molecule has 0 aliphatic heterocycles. The first-order valence-corrected chi connectivity index (χ1v) is 9.26. The van der Waals surface area contributed by atoms with Crippen molar-refractivity contribution in [3.8, 4) is 11.3 Å². The second kappa shape index (κ2) is 7.50. The molecule has 0 atom stereocenters. The zero-order valence-electron chi connectivity index (χ0n) is 13.3. The van der Waals surface area contributed by atoms with Crippen molar-refractivity contribution >= 4 is 10.0 Å². The minimum atomic E-state index is -3.68. The van der Waals surface area contributed by atoms with E-state index in [0.717, 1.165) is 5.56 Å². The van der Waals surface area contributed by atoms with Crippen LogP contribution >= 0.6 is 0 Å². The topological polar surface area (TPSA) is 72.0 Å². The molecule has 1 N–H and O–H groups in total. The molecule has 0 saturated carbocycles. The van der Waals surface area contributed by atoms with Crippen LogP contribution in [0.2, 0.25) is 0 Å². The fourth-order valence-corrected chi connectivity index (χ4v) is 3.43. The van der Waals surface area contributed by atoms with Crippen LogP contribution < -0.4 is 4.72 Å². The van der Waals surface area contributed by atoms with Crippen LogP contribution in [0.15, 0.2) is 67.0 Å². The van der Waals surface area contributed by atoms with Crippen LogP contribution in [-0.2, 0) is 22.3 Å². The summed E-state index contributed by atoms with van der Waals surface area (Å²) < 4.78 is 40.4. The minimum absolute atomic E-state index is 0.0130. The maximum absolute atomic E-state index is 13.6. The molecule has 0 bridgehead atoms. The number of rotatable bonds is 6. The average molecular weight is 357 g/mol. The number of benzene rings is 2. The van der Waals surface area contributed by atoms with E-state index in [1.54, 1.807) is 12.1 Å². The molecule has 0 fully saturated rings. The number of halogens is 1. The predicted molar refractivity (Wildman–Crippen MR) is 93.3 cm³/mol. The molecule has 0 spiro atoms. The highest BCUT2D eigenvalue weighted by Crippen LogP contribution is 2.16. The maximum Gasteiger partial charge on any atom is 0.216 e. The van der Waals surface area contributed by atoms with Crippen LogP contribution in [-0.4, -0.2) is 18.4 Å². The summed E-state index contributed by atoms with van der Waals surface area (Å²) in [6, 6.07) is 17.1. The number of nitrogens with zero attached hydrogens (tertiary/aromatic N) is 2. The lowest BCUT2D eigenvalue weighted by Gasteiger charge is -2.08. The van der Waals surface area contributed by atoms with Crippen LogP contribution in [0.5, 0.6) is 0 Å². The summed E-state index contributed by atoms with van der Waals surface area (Å²) in [4.78, 5) is 8.28. The van der Waals surface area contributed by atoms with Crippen LogP contribution in [0.4, 0.5) is 4.39 Å². The monoisotopic (exact) mass is 357 g/mol. The van der Waals surface area contributed by atoms with Crippen LogP contribution in [0.3, 0.4) is 0 Å². The van der Waals surface area contributed by atoms with Crippen molar-refractivity contribution in [2.24, 2.45) is 0 Å². The van der Waals surface area contributed by atoms with E-state index in [1.807, 2.05) is 30.3 Å². The number of sulfonamides is 1. The SMILES string of the molecule is O=S(=O)(Cc1ccccc1F)NCc1cc(-c2ccccc2)ncn1. The summed E-state index contributed by atoms with van der Waals surface area (Å²) in [6.07, 6.45) is 1.39. The van der Waals surface area contributed by atoms with Crippen LogP contribution in [0.25, 0.3) is 11.3 Å². The van der Waals surface area contributed by atoms with Gasteiger partial charge in [0.1, 0.15) is 12.1 Å². The molecule has 3 rings (SSSR count). The van der Waals surface area contributed by atoms with Crippen molar-refractivity contribution in [2.45, 2.75) is 12.3 Å². The fraction of sp³-hybridized carbons (Fsp3) is 0.111.